The van der Waals surface area contributed by atoms with Crippen LogP contribution in [0.2, 0.25) is 0 Å². The van der Waals surface area contributed by atoms with Crippen LogP contribution in [-0.4, -0.2) is 15.0 Å². The summed E-state index contributed by atoms with van der Waals surface area (Å²) in [6, 6.07) is 11.5. The molecule has 3 N–H and O–H groups in total. The fourth-order valence-electron chi connectivity index (χ4n) is 2.03. The molecule has 0 spiro atoms. The first-order chi connectivity index (χ1) is 9.74. The molecular weight excluding hydrogens is 256 g/mol. The summed E-state index contributed by atoms with van der Waals surface area (Å²) in [5, 5.41) is 3.53. The number of fused-ring (bicyclic) bond motifs is 1. The molecule has 0 radical (unpaired) electrons. The summed E-state index contributed by atoms with van der Waals surface area (Å²) in [5.74, 6) is 0. The van der Waals surface area contributed by atoms with Crippen molar-refractivity contribution >= 4 is 16.7 Å². The third-order valence-electron chi connectivity index (χ3n) is 2.96. The van der Waals surface area contributed by atoms with E-state index < -0.39 is 11.2 Å². The Labute approximate surface area is 113 Å². The molecule has 0 atom stereocenters. The number of nitrogens with zero attached hydrogens (tertiary/aromatic N) is 1. The fraction of sp³-hybridized carbons (Fsp3) is 0.0714. The topological polar surface area (TPSA) is 90.6 Å². The number of aromatic amines is 2. The molecule has 0 aliphatic heterocycles. The Morgan fingerprint density at radius 1 is 1.05 bits per heavy atom. The van der Waals surface area contributed by atoms with Gasteiger partial charge in [0.05, 0.1) is 5.69 Å². The van der Waals surface area contributed by atoms with Gasteiger partial charge in [-0.2, -0.15) is 0 Å². The second-order valence-corrected chi connectivity index (χ2v) is 4.33. The van der Waals surface area contributed by atoms with Crippen molar-refractivity contribution in [3.8, 4) is 0 Å². The number of pyridine rings is 1. The minimum atomic E-state index is -0.560. The van der Waals surface area contributed by atoms with Gasteiger partial charge in [-0.05, 0) is 11.6 Å². The van der Waals surface area contributed by atoms with Gasteiger partial charge < -0.3 is 5.32 Å². The standard InChI is InChI=1S/C14H12N4O2/c19-13-11-10(16-8-9-4-2-1-3-5-9)6-7-15-12(11)17-14(20)18-13/h1-7H,8H2,(H3,15,16,17,18,19,20). The first kappa shape index (κ1) is 12.2. The van der Waals surface area contributed by atoms with Gasteiger partial charge in [-0.3, -0.25) is 14.8 Å². The van der Waals surface area contributed by atoms with E-state index in [1.54, 1.807) is 12.3 Å². The Balaban J connectivity index is 2.00. The number of benzene rings is 1. The van der Waals surface area contributed by atoms with Crippen LogP contribution in [0.3, 0.4) is 0 Å². The van der Waals surface area contributed by atoms with Crippen LogP contribution in [0.4, 0.5) is 5.69 Å². The molecule has 0 saturated carbocycles. The maximum atomic E-state index is 11.9. The Morgan fingerprint density at radius 3 is 2.65 bits per heavy atom. The van der Waals surface area contributed by atoms with Gasteiger partial charge in [0.15, 0.2) is 0 Å². The summed E-state index contributed by atoms with van der Waals surface area (Å²) >= 11 is 0. The molecule has 0 unspecified atom stereocenters. The molecule has 2 heterocycles. The van der Waals surface area contributed by atoms with Crippen LogP contribution >= 0.6 is 0 Å². The third-order valence-corrected chi connectivity index (χ3v) is 2.96. The summed E-state index contributed by atoms with van der Waals surface area (Å²) < 4.78 is 0. The second-order valence-electron chi connectivity index (χ2n) is 4.33. The van der Waals surface area contributed by atoms with Gasteiger partial charge >= 0.3 is 5.69 Å². The lowest BCUT2D eigenvalue weighted by atomic mass is 10.2. The van der Waals surface area contributed by atoms with E-state index in [2.05, 4.69) is 20.3 Å². The van der Waals surface area contributed by atoms with Crippen molar-refractivity contribution in [1.82, 2.24) is 15.0 Å². The Kier molecular flexibility index (Phi) is 3.04. The zero-order valence-electron chi connectivity index (χ0n) is 10.5. The van der Waals surface area contributed by atoms with Gasteiger partial charge in [0, 0.05) is 12.7 Å². The van der Waals surface area contributed by atoms with Crippen molar-refractivity contribution < 1.29 is 0 Å². The maximum Gasteiger partial charge on any atom is 0.327 e. The van der Waals surface area contributed by atoms with Crippen molar-refractivity contribution in [1.29, 1.82) is 0 Å². The molecule has 100 valence electrons. The first-order valence-electron chi connectivity index (χ1n) is 6.13. The number of aromatic nitrogens is 3. The number of hydrogen-bond acceptors (Lipinski definition) is 4. The number of nitrogens with one attached hydrogen (secondary N) is 3. The zero-order valence-corrected chi connectivity index (χ0v) is 10.5. The lowest BCUT2D eigenvalue weighted by Gasteiger charge is -2.08. The van der Waals surface area contributed by atoms with Gasteiger partial charge in [-0.15, -0.1) is 0 Å². The number of anilines is 1. The molecule has 1 aromatic carbocycles. The van der Waals surface area contributed by atoms with Crippen LogP contribution in [0.15, 0.2) is 52.2 Å². The average Bonchev–Trinajstić information content (AvgIpc) is 2.45. The van der Waals surface area contributed by atoms with Crippen LogP contribution < -0.4 is 16.6 Å². The summed E-state index contributed by atoms with van der Waals surface area (Å²) in [7, 11) is 0. The molecule has 0 aliphatic rings. The van der Waals surface area contributed by atoms with E-state index in [0.717, 1.165) is 5.56 Å². The molecule has 3 rings (SSSR count). The summed E-state index contributed by atoms with van der Waals surface area (Å²) in [4.78, 5) is 31.8. The molecule has 0 bridgehead atoms. The average molecular weight is 268 g/mol. The lowest BCUT2D eigenvalue weighted by molar-refractivity contribution is 1.06. The van der Waals surface area contributed by atoms with Gasteiger partial charge in [-0.25, -0.2) is 9.78 Å². The molecule has 2 aromatic heterocycles. The predicted molar refractivity (Wildman–Crippen MR) is 76.8 cm³/mol. The highest BCUT2D eigenvalue weighted by molar-refractivity contribution is 5.87. The predicted octanol–water partition coefficient (Wildman–Crippen LogP) is 1.22. The van der Waals surface area contributed by atoms with E-state index in [4.69, 9.17) is 0 Å². The van der Waals surface area contributed by atoms with Crippen LogP contribution in [-0.2, 0) is 6.54 Å². The highest BCUT2D eigenvalue weighted by Crippen LogP contribution is 2.15. The maximum absolute atomic E-state index is 11.9. The quantitative estimate of drug-likeness (QED) is 0.666. The molecule has 0 amide bonds. The SMILES string of the molecule is O=c1[nH]c(=O)c2c(NCc3ccccc3)ccnc2[nH]1. The van der Waals surface area contributed by atoms with Crippen LogP contribution in [0.25, 0.3) is 11.0 Å². The van der Waals surface area contributed by atoms with Crippen molar-refractivity contribution in [2.24, 2.45) is 0 Å². The highest BCUT2D eigenvalue weighted by Gasteiger charge is 2.07. The third kappa shape index (κ3) is 2.31. The van der Waals surface area contributed by atoms with E-state index in [1.165, 1.54) is 0 Å². The summed E-state index contributed by atoms with van der Waals surface area (Å²) in [5.41, 5.74) is 0.995. The van der Waals surface area contributed by atoms with Crippen molar-refractivity contribution in [3.05, 3.63) is 69.0 Å². The monoisotopic (exact) mass is 268 g/mol. The van der Waals surface area contributed by atoms with E-state index in [1.807, 2.05) is 30.3 Å². The fourth-order valence-corrected chi connectivity index (χ4v) is 2.03. The molecule has 0 fully saturated rings. The van der Waals surface area contributed by atoms with Gasteiger partial charge in [0.25, 0.3) is 5.56 Å². The van der Waals surface area contributed by atoms with Gasteiger partial charge in [0.1, 0.15) is 11.0 Å². The van der Waals surface area contributed by atoms with Crippen molar-refractivity contribution in [2.75, 3.05) is 5.32 Å². The molecule has 20 heavy (non-hydrogen) atoms. The normalized spacial score (nSPS) is 10.6. The van der Waals surface area contributed by atoms with Crippen molar-refractivity contribution in [3.63, 3.8) is 0 Å². The van der Waals surface area contributed by atoms with E-state index in [-0.39, 0.29) is 5.65 Å². The molecule has 0 saturated heterocycles. The summed E-state index contributed by atoms with van der Waals surface area (Å²) in [6.07, 6.45) is 1.55. The van der Waals surface area contributed by atoms with Crippen molar-refractivity contribution in [2.45, 2.75) is 6.54 Å². The molecular formula is C14H12N4O2. The van der Waals surface area contributed by atoms with Crippen LogP contribution in [0.5, 0.6) is 0 Å². The van der Waals surface area contributed by atoms with E-state index in [9.17, 15) is 9.59 Å². The second kappa shape index (κ2) is 5.00. The largest absolute Gasteiger partial charge is 0.380 e. The van der Waals surface area contributed by atoms with Crippen LogP contribution in [0.1, 0.15) is 5.56 Å². The Bertz CT molecular complexity index is 852. The van der Waals surface area contributed by atoms with Gasteiger partial charge in [-0.1, -0.05) is 30.3 Å². The summed E-state index contributed by atoms with van der Waals surface area (Å²) in [6.45, 7) is 0.582. The van der Waals surface area contributed by atoms with E-state index in [0.29, 0.717) is 17.6 Å². The number of rotatable bonds is 3. The zero-order chi connectivity index (χ0) is 13.9. The molecule has 0 aliphatic carbocycles. The van der Waals surface area contributed by atoms with E-state index >= 15 is 0 Å². The Hall–Kier alpha value is -2.89. The minimum Gasteiger partial charge on any atom is -0.380 e. The first-order valence-corrected chi connectivity index (χ1v) is 6.13. The smallest absolute Gasteiger partial charge is 0.327 e. The molecule has 3 aromatic rings. The van der Waals surface area contributed by atoms with Crippen LogP contribution in [0, 0.1) is 0 Å². The number of hydrogen-bond donors (Lipinski definition) is 3. The molecule has 6 heteroatoms. The number of H-pyrrole nitrogens is 2. The lowest BCUT2D eigenvalue weighted by Crippen LogP contribution is -2.23. The van der Waals surface area contributed by atoms with Gasteiger partial charge in [0.2, 0.25) is 0 Å². The molecule has 6 nitrogen and oxygen atoms in total. The minimum absolute atomic E-state index is 0.275. The Morgan fingerprint density at radius 2 is 1.85 bits per heavy atom. The highest BCUT2D eigenvalue weighted by atomic mass is 16.2.